The summed E-state index contributed by atoms with van der Waals surface area (Å²) in [6.45, 7) is 0. The van der Waals surface area contributed by atoms with Crippen molar-refractivity contribution in [2.24, 2.45) is 0 Å². The quantitative estimate of drug-likeness (QED) is 0.286. The fourth-order valence-electron chi connectivity index (χ4n) is 0.653. The molecule has 0 amide bonds. The zero-order chi connectivity index (χ0) is 5.28. The van der Waals surface area contributed by atoms with Crippen LogP contribution in [-0.2, 0) is 19.8 Å². The minimum absolute atomic E-state index is 0. The second-order valence-electron chi connectivity index (χ2n) is 1.86. The first-order chi connectivity index (χ1) is 3.29. The minimum atomic E-state index is 0. The van der Waals surface area contributed by atoms with E-state index in [4.69, 9.17) is 0 Å². The van der Waals surface area contributed by atoms with Crippen LogP contribution in [0.2, 0.25) is 0 Å². The van der Waals surface area contributed by atoms with E-state index in [-0.39, 0.29) is 47.5 Å². The monoisotopic (exact) mass is 390 g/mol. The molecule has 0 aromatic carbocycles. The molecule has 0 bridgehead atoms. The van der Waals surface area contributed by atoms with Gasteiger partial charge in [0, 0.05) is 23.3 Å². The molecule has 0 saturated heterocycles. The summed E-state index contributed by atoms with van der Waals surface area (Å²) in [5.74, 6) is 0. The van der Waals surface area contributed by atoms with Gasteiger partial charge in [0.25, 0.3) is 0 Å². The van der Waals surface area contributed by atoms with E-state index in [1.165, 1.54) is 20.6 Å². The van der Waals surface area contributed by atoms with Gasteiger partial charge in [0.1, 0.15) is 0 Å². The van der Waals surface area contributed by atoms with Crippen molar-refractivity contribution in [3.8, 4) is 0 Å². The van der Waals surface area contributed by atoms with Crippen LogP contribution < -0.4 is 24.8 Å². The van der Waals surface area contributed by atoms with Crippen LogP contribution in [0, 0.1) is 0 Å². The molecule has 0 heterocycles. The van der Waals surface area contributed by atoms with Gasteiger partial charge in [-0.3, -0.25) is 0 Å². The van der Waals surface area contributed by atoms with E-state index in [0.29, 0.717) is 0 Å². The Morgan fingerprint density at radius 2 is 1.80 bits per heavy atom. The molecule has 0 atom stereocenters. The Kier molecular flexibility index (Phi) is 13.7. The average molecular weight is 389 g/mol. The summed E-state index contributed by atoms with van der Waals surface area (Å²) in [6.07, 6.45) is 4.33. The number of allylic oxidation sites excluding steroid dienone is 3. The van der Waals surface area contributed by atoms with Crippen LogP contribution in [0.3, 0.4) is 0 Å². The van der Waals surface area contributed by atoms with E-state index in [9.17, 15) is 0 Å². The Morgan fingerprint density at radius 1 is 1.30 bits per heavy atom. The van der Waals surface area contributed by atoms with E-state index in [0.717, 1.165) is 10.2 Å². The summed E-state index contributed by atoms with van der Waals surface area (Å²) in [5, 5.41) is 2.88. The van der Waals surface area contributed by atoms with E-state index in [1.807, 2.05) is 0 Å². The second kappa shape index (κ2) is 8.01. The fraction of sp³-hybridized carbons (Fsp3) is 0. The van der Waals surface area contributed by atoms with E-state index >= 15 is 0 Å². The molecule has 0 radical (unpaired) electrons. The zero-order valence-corrected chi connectivity index (χ0v) is 13.8. The molecule has 0 N–H and O–H groups in total. The minimum Gasteiger partial charge on any atom is -1.00 e. The smallest absolute Gasteiger partial charge is 1.00 e. The molecule has 0 aromatic heterocycles. The zero-order valence-electron chi connectivity index (χ0n) is 5.76. The molecular formula is C5H12Cl2OsSi2. The summed E-state index contributed by atoms with van der Waals surface area (Å²) < 4.78 is 0. The van der Waals surface area contributed by atoms with E-state index in [1.54, 1.807) is 0 Å². The van der Waals surface area contributed by atoms with Crippen molar-refractivity contribution in [3.63, 3.8) is 0 Å². The Bertz CT molecular complexity index is 190. The second-order valence-corrected chi connectivity index (χ2v) is 4.09. The molecule has 0 fully saturated rings. The molecule has 62 valence electrons. The molecule has 10 heavy (non-hydrogen) atoms. The Labute approximate surface area is 95.9 Å². The van der Waals surface area contributed by atoms with Crippen LogP contribution in [-0.4, -0.2) is 20.5 Å². The van der Waals surface area contributed by atoms with Crippen molar-refractivity contribution in [1.29, 1.82) is 0 Å². The van der Waals surface area contributed by atoms with Crippen molar-refractivity contribution in [2.75, 3.05) is 0 Å². The van der Waals surface area contributed by atoms with Gasteiger partial charge in [0.05, 0.1) is 0 Å². The molecule has 0 aliphatic heterocycles. The van der Waals surface area contributed by atoms with Crippen molar-refractivity contribution < 1.29 is 47.5 Å². The molecule has 0 nitrogen and oxygen atoms in total. The maximum absolute atomic E-state index is 3.16. The van der Waals surface area contributed by atoms with Gasteiger partial charge in [-0.2, -0.15) is 0 Å². The molecule has 1 aliphatic rings. The Morgan fingerprint density at radius 3 is 1.90 bits per heavy atom. The van der Waals surface area contributed by atoms with Crippen LogP contribution in [0.1, 0.15) is 2.85 Å². The van der Waals surface area contributed by atoms with Crippen molar-refractivity contribution >= 4 is 20.5 Å². The molecule has 0 spiro atoms. The van der Waals surface area contributed by atoms with Gasteiger partial charge in [-0.15, -0.1) is 5.73 Å². The van der Waals surface area contributed by atoms with Gasteiger partial charge in [-0.05, 0) is 11.3 Å². The SMILES string of the molecule is [Cl-].[Cl-].[HH].[HH].[Os+2].[SiH3]C1=C=CC([SiH3])=C1. The Balaban J connectivity index is -0.0000000327. The summed E-state index contributed by atoms with van der Waals surface area (Å²) in [5.41, 5.74) is 3.16. The molecule has 1 rings (SSSR count). The summed E-state index contributed by atoms with van der Waals surface area (Å²) in [6, 6.07) is 0. The first-order valence-corrected chi connectivity index (χ1v) is 4.40. The molecule has 1 aliphatic carbocycles. The predicted octanol–water partition coefficient (Wildman–Crippen LogP) is -6.85. The molecule has 0 aromatic rings. The van der Waals surface area contributed by atoms with Crippen LogP contribution in [0.25, 0.3) is 0 Å². The van der Waals surface area contributed by atoms with Crippen LogP contribution in [0.5, 0.6) is 0 Å². The average Bonchev–Trinajstić information content (AvgIpc) is 1.87. The van der Waals surface area contributed by atoms with Crippen molar-refractivity contribution in [1.82, 2.24) is 0 Å². The maximum atomic E-state index is 3.16. The number of rotatable bonds is 0. The molecule has 0 unspecified atom stereocenters. The summed E-state index contributed by atoms with van der Waals surface area (Å²) in [7, 11) is 2.35. The van der Waals surface area contributed by atoms with Crippen LogP contribution in [0.15, 0.2) is 28.3 Å². The predicted molar refractivity (Wildman–Crippen MR) is 43.8 cm³/mol. The van der Waals surface area contributed by atoms with Gasteiger partial charge in [-0.25, -0.2) is 0 Å². The normalized spacial score (nSPS) is 12.4. The standard InChI is InChI=1S/C5H8Si2.2ClH.Os.2H2/c6-4-1-2-5(7)3-4;;;;;/h1,3H,6-7H3;2*1H;;2*1H/q;;;+2;;/p-2. The fourth-order valence-corrected chi connectivity index (χ4v) is 2.41. The number of halogens is 2. The Hall–Kier alpha value is 0.910. The van der Waals surface area contributed by atoms with Crippen LogP contribution >= 0.6 is 0 Å². The molecular weight excluding hydrogens is 377 g/mol. The van der Waals surface area contributed by atoms with Gasteiger partial charge in [0.2, 0.25) is 0 Å². The van der Waals surface area contributed by atoms with Crippen molar-refractivity contribution in [3.05, 3.63) is 28.3 Å². The third kappa shape index (κ3) is 5.68. The van der Waals surface area contributed by atoms with Crippen LogP contribution in [0.4, 0.5) is 0 Å². The first-order valence-electron chi connectivity index (χ1n) is 2.40. The number of hydrogen-bond donors (Lipinski definition) is 0. The summed E-state index contributed by atoms with van der Waals surface area (Å²) in [4.78, 5) is 0. The molecule has 5 heteroatoms. The van der Waals surface area contributed by atoms with E-state index < -0.39 is 0 Å². The topological polar surface area (TPSA) is 0 Å². The third-order valence-corrected chi connectivity index (χ3v) is 2.13. The van der Waals surface area contributed by atoms with E-state index in [2.05, 4.69) is 17.9 Å². The molecule has 0 saturated carbocycles. The third-order valence-electron chi connectivity index (χ3n) is 0.972. The van der Waals surface area contributed by atoms with Gasteiger partial charge < -0.3 is 24.8 Å². The largest absolute Gasteiger partial charge is 2.00 e. The van der Waals surface area contributed by atoms with Gasteiger partial charge in [0.15, 0.2) is 0 Å². The van der Waals surface area contributed by atoms with Gasteiger partial charge in [-0.1, -0.05) is 11.3 Å². The maximum Gasteiger partial charge on any atom is 2.00 e. The van der Waals surface area contributed by atoms with Crippen molar-refractivity contribution in [2.45, 2.75) is 0 Å². The number of hydrogen-bond acceptors (Lipinski definition) is 0. The first kappa shape index (κ1) is 17.1. The summed E-state index contributed by atoms with van der Waals surface area (Å²) >= 11 is 0. The van der Waals surface area contributed by atoms with Gasteiger partial charge >= 0.3 is 19.8 Å².